The van der Waals surface area contributed by atoms with E-state index >= 15 is 0 Å². The van der Waals surface area contributed by atoms with E-state index in [1.165, 1.54) is 6.92 Å². The molecule has 0 amide bonds. The van der Waals surface area contributed by atoms with Crippen molar-refractivity contribution in [3.63, 3.8) is 0 Å². The average Bonchev–Trinajstić information content (AvgIpc) is 2.26. The van der Waals surface area contributed by atoms with E-state index in [0.717, 1.165) is 5.56 Å². The van der Waals surface area contributed by atoms with Crippen LogP contribution in [-0.4, -0.2) is 18.2 Å². The number of benzene rings is 1. The van der Waals surface area contributed by atoms with Gasteiger partial charge in [0.2, 0.25) is 0 Å². The monoisotopic (exact) mass is 246 g/mol. The summed E-state index contributed by atoms with van der Waals surface area (Å²) in [6.07, 6.45) is -4.72. The number of carbonyl (C=O) groups is 1. The molecule has 0 aliphatic heterocycles. The molecule has 0 bridgehead atoms. The lowest BCUT2D eigenvalue weighted by Crippen LogP contribution is -2.29. The van der Waals surface area contributed by atoms with E-state index in [0.29, 0.717) is 12.8 Å². The van der Waals surface area contributed by atoms with E-state index < -0.39 is 18.2 Å². The SMILES string of the molecule is CC(CCc1ccccc1)OC(=O)C(F)(F)F. The molecule has 0 heterocycles. The first kappa shape index (κ1) is 13.5. The summed E-state index contributed by atoms with van der Waals surface area (Å²) in [5.74, 6) is -2.13. The van der Waals surface area contributed by atoms with E-state index in [1.807, 2.05) is 30.3 Å². The van der Waals surface area contributed by atoms with Crippen LogP contribution in [0, 0.1) is 0 Å². The highest BCUT2D eigenvalue weighted by atomic mass is 19.4. The Morgan fingerprint density at radius 1 is 1.29 bits per heavy atom. The predicted octanol–water partition coefficient (Wildman–Crippen LogP) is 3.11. The molecule has 0 saturated heterocycles. The number of hydrogen-bond acceptors (Lipinski definition) is 2. The van der Waals surface area contributed by atoms with Crippen molar-refractivity contribution >= 4 is 5.97 Å². The summed E-state index contributed by atoms with van der Waals surface area (Å²) >= 11 is 0. The molecule has 1 atom stereocenters. The third-order valence-corrected chi connectivity index (χ3v) is 2.22. The van der Waals surface area contributed by atoms with Crippen LogP contribution < -0.4 is 0 Å². The van der Waals surface area contributed by atoms with Crippen LogP contribution in [0.5, 0.6) is 0 Å². The minimum Gasteiger partial charge on any atom is -0.456 e. The minimum atomic E-state index is -4.92. The number of ether oxygens (including phenoxy) is 1. The molecule has 1 aromatic carbocycles. The highest BCUT2D eigenvalue weighted by Crippen LogP contribution is 2.18. The van der Waals surface area contributed by atoms with E-state index in [2.05, 4.69) is 4.74 Å². The summed E-state index contributed by atoms with van der Waals surface area (Å²) in [4.78, 5) is 10.5. The Hall–Kier alpha value is -1.52. The van der Waals surface area contributed by atoms with Gasteiger partial charge >= 0.3 is 12.1 Å². The Labute approximate surface area is 97.4 Å². The molecular formula is C12H13F3O2. The number of esters is 1. The maximum Gasteiger partial charge on any atom is 0.490 e. The Morgan fingerprint density at radius 3 is 2.41 bits per heavy atom. The molecule has 1 aromatic rings. The molecule has 0 fully saturated rings. The predicted molar refractivity (Wildman–Crippen MR) is 56.4 cm³/mol. The molecule has 94 valence electrons. The first-order valence-corrected chi connectivity index (χ1v) is 5.21. The van der Waals surface area contributed by atoms with Gasteiger partial charge in [0.05, 0.1) is 6.10 Å². The summed E-state index contributed by atoms with van der Waals surface area (Å²) in [7, 11) is 0. The molecule has 17 heavy (non-hydrogen) atoms. The Morgan fingerprint density at radius 2 is 1.88 bits per heavy atom. The van der Waals surface area contributed by atoms with Crippen LogP contribution in [-0.2, 0) is 16.0 Å². The van der Waals surface area contributed by atoms with Crippen molar-refractivity contribution in [2.75, 3.05) is 0 Å². The van der Waals surface area contributed by atoms with Gasteiger partial charge in [-0.1, -0.05) is 30.3 Å². The zero-order valence-electron chi connectivity index (χ0n) is 9.33. The zero-order valence-corrected chi connectivity index (χ0v) is 9.33. The number of aryl methyl sites for hydroxylation is 1. The number of hydrogen-bond donors (Lipinski definition) is 0. The van der Waals surface area contributed by atoms with Crippen molar-refractivity contribution in [1.82, 2.24) is 0 Å². The average molecular weight is 246 g/mol. The second kappa shape index (κ2) is 5.70. The van der Waals surface area contributed by atoms with Gasteiger partial charge in [-0.3, -0.25) is 0 Å². The van der Waals surface area contributed by atoms with Crippen molar-refractivity contribution in [3.05, 3.63) is 35.9 Å². The third-order valence-electron chi connectivity index (χ3n) is 2.22. The van der Waals surface area contributed by atoms with E-state index in [-0.39, 0.29) is 0 Å². The molecule has 0 aliphatic rings. The van der Waals surface area contributed by atoms with Crippen molar-refractivity contribution < 1.29 is 22.7 Å². The quantitative estimate of drug-likeness (QED) is 0.763. The van der Waals surface area contributed by atoms with Gasteiger partial charge in [-0.2, -0.15) is 13.2 Å². The topological polar surface area (TPSA) is 26.3 Å². The second-order valence-electron chi connectivity index (χ2n) is 3.74. The van der Waals surface area contributed by atoms with Gasteiger partial charge < -0.3 is 4.74 Å². The molecule has 0 N–H and O–H groups in total. The molecule has 0 aromatic heterocycles. The molecule has 0 spiro atoms. The van der Waals surface area contributed by atoms with Crippen molar-refractivity contribution in [2.45, 2.75) is 32.0 Å². The van der Waals surface area contributed by atoms with Crippen LogP contribution in [0.25, 0.3) is 0 Å². The Bertz CT molecular complexity index is 360. The lowest BCUT2D eigenvalue weighted by molar-refractivity contribution is -0.204. The number of halogens is 3. The fraction of sp³-hybridized carbons (Fsp3) is 0.417. The van der Waals surface area contributed by atoms with E-state index in [1.54, 1.807) is 0 Å². The van der Waals surface area contributed by atoms with Crippen LogP contribution in [0.1, 0.15) is 18.9 Å². The molecule has 0 aliphatic carbocycles. The molecule has 1 unspecified atom stereocenters. The van der Waals surface area contributed by atoms with Crippen molar-refractivity contribution in [1.29, 1.82) is 0 Å². The van der Waals surface area contributed by atoms with Gasteiger partial charge in [-0.25, -0.2) is 4.79 Å². The van der Waals surface area contributed by atoms with E-state index in [4.69, 9.17) is 0 Å². The Kier molecular flexibility index (Phi) is 4.54. The minimum absolute atomic E-state index is 0.367. The molecule has 0 saturated carbocycles. The fourth-order valence-electron chi connectivity index (χ4n) is 1.32. The maximum absolute atomic E-state index is 11.9. The molecule has 1 rings (SSSR count). The fourth-order valence-corrected chi connectivity index (χ4v) is 1.32. The van der Waals surface area contributed by atoms with Crippen LogP contribution in [0.15, 0.2) is 30.3 Å². The third kappa shape index (κ3) is 4.89. The van der Waals surface area contributed by atoms with Crippen LogP contribution >= 0.6 is 0 Å². The number of carbonyl (C=O) groups excluding carboxylic acids is 1. The van der Waals surface area contributed by atoms with Crippen LogP contribution in [0.4, 0.5) is 13.2 Å². The highest BCUT2D eigenvalue weighted by Gasteiger charge is 2.41. The van der Waals surface area contributed by atoms with Crippen LogP contribution in [0.2, 0.25) is 0 Å². The molecule has 5 heteroatoms. The zero-order chi connectivity index (χ0) is 12.9. The molecule has 2 nitrogen and oxygen atoms in total. The van der Waals surface area contributed by atoms with E-state index in [9.17, 15) is 18.0 Å². The second-order valence-corrected chi connectivity index (χ2v) is 3.74. The van der Waals surface area contributed by atoms with Gasteiger partial charge in [0.1, 0.15) is 0 Å². The number of alkyl halides is 3. The molecule has 0 radical (unpaired) electrons. The summed E-state index contributed by atoms with van der Waals surface area (Å²) in [6, 6.07) is 9.30. The smallest absolute Gasteiger partial charge is 0.456 e. The lowest BCUT2D eigenvalue weighted by atomic mass is 10.1. The highest BCUT2D eigenvalue weighted by molar-refractivity contribution is 5.75. The molecular weight excluding hydrogens is 233 g/mol. The van der Waals surface area contributed by atoms with Gasteiger partial charge in [-0.15, -0.1) is 0 Å². The normalized spacial score (nSPS) is 13.2. The number of rotatable bonds is 4. The standard InChI is InChI=1S/C12H13F3O2/c1-9(17-11(16)12(13,14)15)7-8-10-5-3-2-4-6-10/h2-6,9H,7-8H2,1H3. The summed E-state index contributed by atoms with van der Waals surface area (Å²) in [6.45, 7) is 1.45. The lowest BCUT2D eigenvalue weighted by Gasteiger charge is -2.14. The maximum atomic E-state index is 11.9. The Balaban J connectivity index is 2.36. The summed E-state index contributed by atoms with van der Waals surface area (Å²) < 4.78 is 40.0. The van der Waals surface area contributed by atoms with Gasteiger partial charge in [-0.05, 0) is 25.3 Å². The first-order chi connectivity index (χ1) is 7.89. The van der Waals surface area contributed by atoms with Gasteiger partial charge in [0, 0.05) is 0 Å². The van der Waals surface area contributed by atoms with Crippen molar-refractivity contribution in [3.8, 4) is 0 Å². The van der Waals surface area contributed by atoms with Gasteiger partial charge in [0.25, 0.3) is 0 Å². The summed E-state index contributed by atoms with van der Waals surface area (Å²) in [5.41, 5.74) is 1.00. The first-order valence-electron chi connectivity index (χ1n) is 5.21. The van der Waals surface area contributed by atoms with Gasteiger partial charge in [0.15, 0.2) is 0 Å². The van der Waals surface area contributed by atoms with Crippen LogP contribution in [0.3, 0.4) is 0 Å². The van der Waals surface area contributed by atoms with Crippen molar-refractivity contribution in [2.24, 2.45) is 0 Å². The largest absolute Gasteiger partial charge is 0.490 e. The summed E-state index contributed by atoms with van der Waals surface area (Å²) in [5, 5.41) is 0.